The summed E-state index contributed by atoms with van der Waals surface area (Å²) in [6.07, 6.45) is 0.692. The Bertz CT molecular complexity index is 602. The van der Waals surface area contributed by atoms with Gasteiger partial charge in [0, 0.05) is 6.54 Å². The van der Waals surface area contributed by atoms with E-state index in [-0.39, 0.29) is 18.4 Å². The van der Waals surface area contributed by atoms with E-state index in [2.05, 4.69) is 10.1 Å². The third kappa shape index (κ3) is 6.71. The van der Waals surface area contributed by atoms with Crippen molar-refractivity contribution >= 4 is 18.4 Å². The molecule has 4 nitrogen and oxygen atoms in total. The summed E-state index contributed by atoms with van der Waals surface area (Å²) in [6.45, 7) is 1.32. The summed E-state index contributed by atoms with van der Waals surface area (Å²) in [6, 6.07) is 17.6. The lowest BCUT2D eigenvalue weighted by Crippen LogP contribution is -2.23. The summed E-state index contributed by atoms with van der Waals surface area (Å²) in [7, 11) is 1.40. The third-order valence-electron chi connectivity index (χ3n) is 3.71. The molecule has 0 radical (unpaired) electrons. The van der Waals surface area contributed by atoms with Crippen LogP contribution in [0.15, 0.2) is 54.6 Å². The first-order valence-electron chi connectivity index (χ1n) is 7.77. The molecule has 0 fully saturated rings. The highest BCUT2D eigenvalue weighted by Crippen LogP contribution is 2.10. The number of ether oxygens (including phenoxy) is 1. The van der Waals surface area contributed by atoms with Crippen LogP contribution in [0, 0.1) is 0 Å². The van der Waals surface area contributed by atoms with Gasteiger partial charge in [0.25, 0.3) is 0 Å². The number of rotatable bonds is 8. The van der Waals surface area contributed by atoms with Crippen LogP contribution in [0.3, 0.4) is 0 Å². The number of carbonyl (C=O) groups excluding carboxylic acids is 1. The molecule has 0 aliphatic carbocycles. The van der Waals surface area contributed by atoms with E-state index in [1.807, 2.05) is 54.6 Å². The third-order valence-corrected chi connectivity index (χ3v) is 3.71. The van der Waals surface area contributed by atoms with Crippen molar-refractivity contribution in [1.29, 1.82) is 0 Å². The van der Waals surface area contributed by atoms with Crippen LogP contribution in [-0.2, 0) is 22.4 Å². The molecule has 0 saturated carbocycles. The second-order valence-corrected chi connectivity index (χ2v) is 5.45. The predicted octanol–water partition coefficient (Wildman–Crippen LogP) is 2.69. The molecular weight excluding hydrogens is 326 g/mol. The highest BCUT2D eigenvalue weighted by molar-refractivity contribution is 5.85. The molecule has 1 atom stereocenters. The second-order valence-electron chi connectivity index (χ2n) is 5.45. The minimum absolute atomic E-state index is 0. The van der Waals surface area contributed by atoms with E-state index in [4.69, 9.17) is 0 Å². The maximum absolute atomic E-state index is 11.2. The zero-order valence-electron chi connectivity index (χ0n) is 13.8. The van der Waals surface area contributed by atoms with Gasteiger partial charge in [0.05, 0.1) is 19.6 Å². The molecule has 0 bridgehead atoms. The number of nitrogens with one attached hydrogen (secondary N) is 1. The first kappa shape index (κ1) is 20.2. The molecule has 0 amide bonds. The Morgan fingerprint density at radius 1 is 1.08 bits per heavy atom. The van der Waals surface area contributed by atoms with Crippen LogP contribution >= 0.6 is 12.4 Å². The van der Waals surface area contributed by atoms with Gasteiger partial charge in [-0.25, -0.2) is 0 Å². The summed E-state index contributed by atoms with van der Waals surface area (Å²) in [4.78, 5) is 11.2. The summed E-state index contributed by atoms with van der Waals surface area (Å²) in [5, 5.41) is 13.3. The fraction of sp³-hybridized carbons (Fsp3) is 0.316. The van der Waals surface area contributed by atoms with Gasteiger partial charge in [-0.3, -0.25) is 4.79 Å². The molecule has 0 unspecified atom stereocenters. The van der Waals surface area contributed by atoms with Crippen molar-refractivity contribution in [2.75, 3.05) is 20.2 Å². The Kier molecular flexibility index (Phi) is 9.08. The van der Waals surface area contributed by atoms with Gasteiger partial charge in [0.2, 0.25) is 0 Å². The number of halogens is 1. The molecule has 0 saturated heterocycles. The minimum Gasteiger partial charge on any atom is -0.469 e. The fourth-order valence-corrected chi connectivity index (χ4v) is 2.33. The van der Waals surface area contributed by atoms with E-state index in [1.165, 1.54) is 12.7 Å². The highest BCUT2D eigenvalue weighted by atomic mass is 35.5. The average Bonchev–Trinajstić information content (AvgIpc) is 2.60. The maximum atomic E-state index is 11.2. The number of benzene rings is 2. The fourth-order valence-electron chi connectivity index (χ4n) is 2.33. The molecule has 130 valence electrons. The van der Waals surface area contributed by atoms with Crippen molar-refractivity contribution in [3.8, 4) is 0 Å². The molecule has 0 aliphatic rings. The zero-order chi connectivity index (χ0) is 16.5. The number of hydrogen-bond donors (Lipinski definition) is 2. The van der Waals surface area contributed by atoms with Gasteiger partial charge in [-0.15, -0.1) is 12.4 Å². The summed E-state index contributed by atoms with van der Waals surface area (Å²) >= 11 is 0. The quantitative estimate of drug-likeness (QED) is 0.568. The van der Waals surface area contributed by atoms with E-state index in [9.17, 15) is 9.90 Å². The monoisotopic (exact) mass is 349 g/mol. The van der Waals surface area contributed by atoms with Crippen molar-refractivity contribution in [1.82, 2.24) is 5.32 Å². The van der Waals surface area contributed by atoms with Gasteiger partial charge in [0.1, 0.15) is 0 Å². The summed E-state index contributed by atoms with van der Waals surface area (Å²) in [5.74, 6) is -0.227. The van der Waals surface area contributed by atoms with Gasteiger partial charge < -0.3 is 15.2 Å². The minimum atomic E-state index is -0.487. The van der Waals surface area contributed by atoms with Crippen LogP contribution in [0.4, 0.5) is 0 Å². The maximum Gasteiger partial charge on any atom is 0.309 e. The number of hydrogen-bond acceptors (Lipinski definition) is 4. The van der Waals surface area contributed by atoms with Crippen molar-refractivity contribution in [2.45, 2.75) is 18.9 Å². The topological polar surface area (TPSA) is 58.6 Å². The highest BCUT2D eigenvalue weighted by Gasteiger charge is 2.06. The molecule has 0 aromatic heterocycles. The predicted molar refractivity (Wildman–Crippen MR) is 97.4 cm³/mol. The molecule has 24 heavy (non-hydrogen) atoms. The van der Waals surface area contributed by atoms with Crippen molar-refractivity contribution < 1.29 is 14.6 Å². The lowest BCUT2D eigenvalue weighted by molar-refractivity contribution is -0.139. The molecule has 2 rings (SSSR count). The zero-order valence-corrected chi connectivity index (χ0v) is 14.6. The first-order chi connectivity index (χ1) is 11.2. The number of esters is 1. The van der Waals surface area contributed by atoms with Gasteiger partial charge in [-0.2, -0.15) is 0 Å². The smallest absolute Gasteiger partial charge is 0.309 e. The molecule has 0 aliphatic heterocycles. The van der Waals surface area contributed by atoms with Crippen LogP contribution in [0.2, 0.25) is 0 Å². The average molecular weight is 350 g/mol. The molecule has 2 aromatic rings. The molecule has 2 aromatic carbocycles. The molecule has 2 N–H and O–H groups in total. The number of aliphatic hydroxyl groups is 1. The van der Waals surface area contributed by atoms with Crippen molar-refractivity contribution in [3.05, 3.63) is 71.3 Å². The largest absolute Gasteiger partial charge is 0.469 e. The Labute approximate surface area is 149 Å². The van der Waals surface area contributed by atoms with Gasteiger partial charge in [-0.1, -0.05) is 54.6 Å². The standard InChI is InChI=1S/C19H23NO3.ClH/c1-23-19(22)13-16-9-7-15(8-10-16)11-12-20-14-18(21)17-5-3-2-4-6-17;/h2-10,18,20-21H,11-14H2,1H3;1H/t18-;/m0./s1. The molecule has 0 heterocycles. The van der Waals surface area contributed by atoms with Crippen LogP contribution in [0.1, 0.15) is 22.8 Å². The lowest BCUT2D eigenvalue weighted by Gasteiger charge is -2.12. The van der Waals surface area contributed by atoms with E-state index in [1.54, 1.807) is 0 Å². The lowest BCUT2D eigenvalue weighted by atomic mass is 10.1. The normalized spacial score (nSPS) is 11.4. The molecule has 0 spiro atoms. The van der Waals surface area contributed by atoms with E-state index >= 15 is 0 Å². The SMILES string of the molecule is COC(=O)Cc1ccc(CCNC[C@H](O)c2ccccc2)cc1.Cl. The molecular formula is C19H24ClNO3. The van der Waals surface area contributed by atoms with Crippen LogP contribution < -0.4 is 5.32 Å². The Balaban J connectivity index is 0.00000288. The number of carbonyl (C=O) groups is 1. The number of aliphatic hydroxyl groups excluding tert-OH is 1. The summed E-state index contributed by atoms with van der Waals surface area (Å²) < 4.78 is 4.65. The van der Waals surface area contributed by atoms with E-state index in [0.29, 0.717) is 13.0 Å². The second kappa shape index (κ2) is 10.8. The van der Waals surface area contributed by atoms with E-state index in [0.717, 1.165) is 24.1 Å². The van der Waals surface area contributed by atoms with Crippen LogP contribution in [-0.4, -0.2) is 31.3 Å². The Morgan fingerprint density at radius 2 is 1.71 bits per heavy atom. The summed E-state index contributed by atoms with van der Waals surface area (Å²) in [5.41, 5.74) is 3.07. The Hall–Kier alpha value is -1.88. The molecule has 5 heteroatoms. The van der Waals surface area contributed by atoms with Gasteiger partial charge >= 0.3 is 5.97 Å². The first-order valence-corrected chi connectivity index (χ1v) is 7.77. The van der Waals surface area contributed by atoms with Crippen molar-refractivity contribution in [3.63, 3.8) is 0 Å². The van der Waals surface area contributed by atoms with Crippen LogP contribution in [0.5, 0.6) is 0 Å². The Morgan fingerprint density at radius 3 is 2.33 bits per heavy atom. The van der Waals surface area contributed by atoms with Crippen molar-refractivity contribution in [2.24, 2.45) is 0 Å². The van der Waals surface area contributed by atoms with E-state index < -0.39 is 6.10 Å². The van der Waals surface area contributed by atoms with Crippen LogP contribution in [0.25, 0.3) is 0 Å². The number of methoxy groups -OCH3 is 1. The van der Waals surface area contributed by atoms with Gasteiger partial charge in [-0.05, 0) is 29.7 Å². The van der Waals surface area contributed by atoms with Gasteiger partial charge in [0.15, 0.2) is 0 Å².